The fourth-order valence-electron chi connectivity index (χ4n) is 0.720. The molecule has 0 aromatic carbocycles. The van der Waals surface area contributed by atoms with Gasteiger partial charge in [-0.3, -0.25) is 4.79 Å². The third-order valence-corrected chi connectivity index (χ3v) is 1.21. The average molecular weight is 142 g/mol. The normalized spacial score (nSPS) is 11.0. The van der Waals surface area contributed by atoms with Crippen LogP contribution in [0.5, 0.6) is 0 Å². The van der Waals surface area contributed by atoms with Crippen molar-refractivity contribution < 1.29 is 4.79 Å². The number of hydrogen-bond acceptors (Lipinski definition) is 2. The Balaban J connectivity index is 4.24. The van der Waals surface area contributed by atoms with E-state index in [1.807, 2.05) is 21.0 Å². The molecule has 0 aliphatic carbocycles. The van der Waals surface area contributed by atoms with Gasteiger partial charge in [-0.1, -0.05) is 6.08 Å². The van der Waals surface area contributed by atoms with Gasteiger partial charge in [0.25, 0.3) is 5.91 Å². The first-order valence-electron chi connectivity index (χ1n) is 3.19. The minimum absolute atomic E-state index is 0.0486. The van der Waals surface area contributed by atoms with Crippen LogP contribution in [0.1, 0.15) is 6.92 Å². The number of likely N-dealkylation sites (N-methyl/N-ethyl adjacent to an activating group) is 2. The van der Waals surface area contributed by atoms with Gasteiger partial charge in [0.05, 0.1) is 5.70 Å². The highest BCUT2D eigenvalue weighted by atomic mass is 16.2. The summed E-state index contributed by atoms with van der Waals surface area (Å²) in [6.07, 6.45) is 1.78. The maximum Gasteiger partial charge on any atom is 0.266 e. The molecule has 3 heteroatoms. The molecule has 0 fully saturated rings. The SMILES string of the molecule is CC=C(C(=O)NC)N(C)C. The van der Waals surface area contributed by atoms with Crippen molar-refractivity contribution in [3.8, 4) is 0 Å². The van der Waals surface area contributed by atoms with E-state index in [9.17, 15) is 4.79 Å². The fourth-order valence-corrected chi connectivity index (χ4v) is 0.720. The largest absolute Gasteiger partial charge is 0.373 e. The molecule has 3 nitrogen and oxygen atoms in total. The predicted molar refractivity (Wildman–Crippen MR) is 41.5 cm³/mol. The maximum absolute atomic E-state index is 11.0. The standard InChI is InChI=1S/C7H14N2O/c1-5-6(9(3)4)7(10)8-2/h5H,1-4H3,(H,8,10). The van der Waals surface area contributed by atoms with Crippen molar-refractivity contribution >= 4 is 5.91 Å². The number of amides is 1. The molecular formula is C7H14N2O. The van der Waals surface area contributed by atoms with E-state index in [0.717, 1.165) is 0 Å². The molecule has 0 aromatic rings. The number of carbonyl (C=O) groups is 1. The third-order valence-electron chi connectivity index (χ3n) is 1.21. The van der Waals surface area contributed by atoms with Crippen molar-refractivity contribution in [2.45, 2.75) is 6.92 Å². The van der Waals surface area contributed by atoms with Crippen LogP contribution in [0.2, 0.25) is 0 Å². The summed E-state index contributed by atoms with van der Waals surface area (Å²) in [5.74, 6) is -0.0486. The van der Waals surface area contributed by atoms with E-state index in [-0.39, 0.29) is 5.91 Å². The highest BCUT2D eigenvalue weighted by Gasteiger charge is 2.06. The fraction of sp³-hybridized carbons (Fsp3) is 0.571. The summed E-state index contributed by atoms with van der Waals surface area (Å²) >= 11 is 0. The molecule has 0 aliphatic heterocycles. The second-order valence-corrected chi connectivity index (χ2v) is 2.15. The van der Waals surface area contributed by atoms with Crippen LogP contribution >= 0.6 is 0 Å². The summed E-state index contributed by atoms with van der Waals surface area (Å²) < 4.78 is 0. The number of nitrogens with zero attached hydrogens (tertiary/aromatic N) is 1. The first kappa shape index (κ1) is 9.01. The van der Waals surface area contributed by atoms with Gasteiger partial charge in [-0.2, -0.15) is 0 Å². The monoisotopic (exact) mass is 142 g/mol. The lowest BCUT2D eigenvalue weighted by molar-refractivity contribution is -0.118. The molecule has 0 saturated heterocycles. The second-order valence-electron chi connectivity index (χ2n) is 2.15. The molecule has 10 heavy (non-hydrogen) atoms. The Morgan fingerprint density at radius 2 is 2.00 bits per heavy atom. The number of hydrogen-bond donors (Lipinski definition) is 1. The van der Waals surface area contributed by atoms with Crippen molar-refractivity contribution in [3.63, 3.8) is 0 Å². The highest BCUT2D eigenvalue weighted by molar-refractivity contribution is 5.92. The molecule has 0 spiro atoms. The van der Waals surface area contributed by atoms with E-state index in [2.05, 4.69) is 5.32 Å². The Bertz CT molecular complexity index is 150. The van der Waals surface area contributed by atoms with Gasteiger partial charge in [0.1, 0.15) is 0 Å². The third kappa shape index (κ3) is 2.09. The number of carbonyl (C=O) groups excluding carboxylic acids is 1. The molecule has 0 aromatic heterocycles. The van der Waals surface area contributed by atoms with E-state index in [1.54, 1.807) is 18.0 Å². The van der Waals surface area contributed by atoms with Gasteiger partial charge < -0.3 is 10.2 Å². The molecule has 1 amide bonds. The van der Waals surface area contributed by atoms with E-state index < -0.39 is 0 Å². The first-order chi connectivity index (χ1) is 4.63. The molecule has 1 N–H and O–H groups in total. The van der Waals surface area contributed by atoms with Crippen molar-refractivity contribution in [2.75, 3.05) is 21.1 Å². The van der Waals surface area contributed by atoms with E-state index in [1.165, 1.54) is 0 Å². The Hall–Kier alpha value is -0.990. The predicted octanol–water partition coefficient (Wildman–Crippen LogP) is 0.198. The lowest BCUT2D eigenvalue weighted by Gasteiger charge is -2.14. The molecule has 0 bridgehead atoms. The van der Waals surface area contributed by atoms with Gasteiger partial charge in [-0.15, -0.1) is 0 Å². The molecule has 0 radical (unpaired) electrons. The van der Waals surface area contributed by atoms with Crippen molar-refractivity contribution in [1.82, 2.24) is 10.2 Å². The number of allylic oxidation sites excluding steroid dienone is 1. The van der Waals surface area contributed by atoms with E-state index in [4.69, 9.17) is 0 Å². The van der Waals surface area contributed by atoms with E-state index in [0.29, 0.717) is 5.70 Å². The van der Waals surface area contributed by atoms with Crippen LogP contribution in [0.15, 0.2) is 11.8 Å². The summed E-state index contributed by atoms with van der Waals surface area (Å²) in [6, 6.07) is 0. The van der Waals surface area contributed by atoms with Crippen molar-refractivity contribution in [2.24, 2.45) is 0 Å². The second kappa shape index (κ2) is 3.93. The van der Waals surface area contributed by atoms with Crippen LogP contribution in [0.3, 0.4) is 0 Å². The molecule has 0 rings (SSSR count). The molecule has 0 saturated carbocycles. The topological polar surface area (TPSA) is 32.3 Å². The van der Waals surface area contributed by atoms with Crippen LogP contribution < -0.4 is 5.32 Å². The average Bonchev–Trinajstić information content (AvgIpc) is 1.88. The minimum atomic E-state index is -0.0486. The van der Waals surface area contributed by atoms with E-state index >= 15 is 0 Å². The van der Waals surface area contributed by atoms with Crippen LogP contribution in [-0.4, -0.2) is 32.0 Å². The molecule has 0 unspecified atom stereocenters. The smallest absolute Gasteiger partial charge is 0.266 e. The van der Waals surface area contributed by atoms with Gasteiger partial charge in [-0.05, 0) is 6.92 Å². The van der Waals surface area contributed by atoms with Crippen LogP contribution in [0.4, 0.5) is 0 Å². The van der Waals surface area contributed by atoms with Crippen molar-refractivity contribution in [1.29, 1.82) is 0 Å². The van der Waals surface area contributed by atoms with Crippen LogP contribution in [0, 0.1) is 0 Å². The Kier molecular flexibility index (Phi) is 3.54. The van der Waals surface area contributed by atoms with Crippen LogP contribution in [-0.2, 0) is 4.79 Å². The van der Waals surface area contributed by atoms with Gasteiger partial charge >= 0.3 is 0 Å². The zero-order valence-corrected chi connectivity index (χ0v) is 6.93. The van der Waals surface area contributed by atoms with Gasteiger partial charge in [0.2, 0.25) is 0 Å². The Morgan fingerprint density at radius 1 is 1.50 bits per heavy atom. The van der Waals surface area contributed by atoms with Crippen molar-refractivity contribution in [3.05, 3.63) is 11.8 Å². The van der Waals surface area contributed by atoms with Gasteiger partial charge in [0, 0.05) is 21.1 Å². The maximum atomic E-state index is 11.0. The molecule has 0 aliphatic rings. The first-order valence-corrected chi connectivity index (χ1v) is 3.19. The summed E-state index contributed by atoms with van der Waals surface area (Å²) in [5.41, 5.74) is 0.683. The zero-order valence-electron chi connectivity index (χ0n) is 6.93. The summed E-state index contributed by atoms with van der Waals surface area (Å²) in [6.45, 7) is 1.84. The molecule has 58 valence electrons. The minimum Gasteiger partial charge on any atom is -0.373 e. The zero-order chi connectivity index (χ0) is 8.15. The number of nitrogens with one attached hydrogen (secondary N) is 1. The Labute approximate surface area is 61.7 Å². The summed E-state index contributed by atoms with van der Waals surface area (Å²) in [5, 5.41) is 2.55. The summed E-state index contributed by atoms with van der Waals surface area (Å²) in [7, 11) is 5.30. The number of rotatable bonds is 2. The quantitative estimate of drug-likeness (QED) is 0.558. The van der Waals surface area contributed by atoms with Crippen LogP contribution in [0.25, 0.3) is 0 Å². The van der Waals surface area contributed by atoms with Gasteiger partial charge in [0.15, 0.2) is 0 Å². The lowest BCUT2D eigenvalue weighted by Crippen LogP contribution is -2.28. The molecular weight excluding hydrogens is 128 g/mol. The lowest BCUT2D eigenvalue weighted by atomic mass is 10.3. The Morgan fingerprint density at radius 3 is 2.10 bits per heavy atom. The summed E-state index contributed by atoms with van der Waals surface area (Å²) in [4.78, 5) is 12.7. The molecule has 0 heterocycles. The highest BCUT2D eigenvalue weighted by Crippen LogP contribution is 1.96. The molecule has 0 atom stereocenters. The van der Waals surface area contributed by atoms with Gasteiger partial charge in [-0.25, -0.2) is 0 Å².